The zero-order valence-electron chi connectivity index (χ0n) is 16.2. The Morgan fingerprint density at radius 2 is 1.35 bits per heavy atom. The van der Waals surface area contributed by atoms with Gasteiger partial charge in [0.1, 0.15) is 0 Å². The van der Waals surface area contributed by atoms with E-state index in [1.54, 1.807) is 16.1 Å². The van der Waals surface area contributed by atoms with Crippen LogP contribution >= 0.6 is 0 Å². The van der Waals surface area contributed by atoms with Crippen LogP contribution in [0.4, 0.5) is 0 Å². The van der Waals surface area contributed by atoms with Crippen molar-refractivity contribution in [1.82, 2.24) is 4.57 Å². The summed E-state index contributed by atoms with van der Waals surface area (Å²) >= 11 is 0. The van der Waals surface area contributed by atoms with Gasteiger partial charge < -0.3 is 4.57 Å². The Kier molecular flexibility index (Phi) is 5.12. The lowest BCUT2D eigenvalue weighted by Gasteiger charge is -2.26. The molecule has 2 aromatic rings. The first-order valence-electron chi connectivity index (χ1n) is 8.89. The molecule has 1 aromatic heterocycles. The number of hydrogen-bond donors (Lipinski definition) is 0. The standard InChI is InChI=1S/C20H33NSi2/c1-9-13-18-20(23(6,7)8)19(22(3,4)5)16(2)21(18)17-14-11-10-12-15-17/h10-12,14-15H,9,13H2,1-8H3. The molecular weight excluding hydrogens is 310 g/mol. The Balaban J connectivity index is 2.90. The van der Waals surface area contributed by atoms with Gasteiger partial charge in [-0.2, -0.15) is 0 Å². The quantitative estimate of drug-likeness (QED) is 0.685. The summed E-state index contributed by atoms with van der Waals surface area (Å²) in [4.78, 5) is 0. The molecule has 0 N–H and O–H groups in total. The van der Waals surface area contributed by atoms with E-state index >= 15 is 0 Å². The molecule has 2 rings (SSSR count). The SMILES string of the molecule is CCCc1c([Si](C)(C)C)c([Si](C)(C)C)c(C)n1-c1ccccc1. The highest BCUT2D eigenvalue weighted by Gasteiger charge is 2.35. The van der Waals surface area contributed by atoms with Crippen LogP contribution in [0.25, 0.3) is 5.69 Å². The van der Waals surface area contributed by atoms with Crippen molar-refractivity contribution in [2.75, 3.05) is 0 Å². The fraction of sp³-hybridized carbons (Fsp3) is 0.500. The molecule has 0 unspecified atom stereocenters. The van der Waals surface area contributed by atoms with Gasteiger partial charge in [-0.05, 0) is 35.9 Å². The maximum atomic E-state index is 2.57. The minimum atomic E-state index is -1.40. The van der Waals surface area contributed by atoms with Crippen LogP contribution in [0.1, 0.15) is 24.7 Å². The summed E-state index contributed by atoms with van der Waals surface area (Å²) in [7, 11) is -2.79. The average Bonchev–Trinajstić information content (AvgIpc) is 2.73. The summed E-state index contributed by atoms with van der Waals surface area (Å²) < 4.78 is 2.57. The molecule has 1 aromatic carbocycles. The van der Waals surface area contributed by atoms with Crippen molar-refractivity contribution < 1.29 is 0 Å². The molecule has 1 heterocycles. The molecule has 0 aliphatic rings. The summed E-state index contributed by atoms with van der Waals surface area (Å²) in [6, 6.07) is 10.9. The van der Waals surface area contributed by atoms with Crippen molar-refractivity contribution in [3.05, 3.63) is 41.7 Å². The number of aromatic nitrogens is 1. The van der Waals surface area contributed by atoms with Crippen molar-refractivity contribution in [1.29, 1.82) is 0 Å². The number of rotatable bonds is 5. The molecule has 0 fully saturated rings. The highest BCUT2D eigenvalue weighted by molar-refractivity contribution is 6.99. The average molecular weight is 344 g/mol. The van der Waals surface area contributed by atoms with E-state index in [9.17, 15) is 0 Å². The molecule has 0 saturated carbocycles. The number of nitrogens with zero attached hydrogens (tertiary/aromatic N) is 1. The third kappa shape index (κ3) is 3.56. The summed E-state index contributed by atoms with van der Waals surface area (Å²) in [5, 5.41) is 3.48. The Labute approximate surface area is 144 Å². The molecule has 126 valence electrons. The fourth-order valence-corrected chi connectivity index (χ4v) is 10.3. The number of hydrogen-bond acceptors (Lipinski definition) is 0. The van der Waals surface area contributed by atoms with Crippen molar-refractivity contribution in [3.8, 4) is 5.69 Å². The molecule has 23 heavy (non-hydrogen) atoms. The van der Waals surface area contributed by atoms with E-state index in [4.69, 9.17) is 0 Å². The zero-order chi connectivity index (χ0) is 17.4. The van der Waals surface area contributed by atoms with Crippen LogP contribution in [0, 0.1) is 6.92 Å². The van der Waals surface area contributed by atoms with Gasteiger partial charge in [0.05, 0.1) is 16.1 Å². The predicted octanol–water partition coefficient (Wildman–Crippen LogP) is 4.83. The van der Waals surface area contributed by atoms with E-state index < -0.39 is 16.1 Å². The van der Waals surface area contributed by atoms with Gasteiger partial charge in [-0.15, -0.1) is 0 Å². The lowest BCUT2D eigenvalue weighted by atomic mass is 10.2. The van der Waals surface area contributed by atoms with E-state index in [0.717, 1.165) is 0 Å². The first-order chi connectivity index (χ1) is 10.6. The van der Waals surface area contributed by atoms with Crippen molar-refractivity contribution in [3.63, 3.8) is 0 Å². The Morgan fingerprint density at radius 1 is 0.826 bits per heavy atom. The minimum absolute atomic E-state index is 1.18. The third-order valence-corrected chi connectivity index (χ3v) is 8.91. The van der Waals surface area contributed by atoms with Gasteiger partial charge in [0, 0.05) is 17.1 Å². The van der Waals surface area contributed by atoms with Gasteiger partial charge in [-0.3, -0.25) is 0 Å². The lowest BCUT2D eigenvalue weighted by molar-refractivity contribution is 0.834. The van der Waals surface area contributed by atoms with E-state index in [2.05, 4.69) is 88.0 Å². The van der Waals surface area contributed by atoms with Crippen LogP contribution in [-0.4, -0.2) is 20.7 Å². The summed E-state index contributed by atoms with van der Waals surface area (Å²) in [6.07, 6.45) is 2.39. The topological polar surface area (TPSA) is 4.93 Å². The Bertz CT molecular complexity index is 670. The van der Waals surface area contributed by atoms with E-state index in [-0.39, 0.29) is 0 Å². The van der Waals surface area contributed by atoms with E-state index in [1.165, 1.54) is 24.2 Å². The first kappa shape index (κ1) is 18.3. The molecule has 0 bridgehead atoms. The third-order valence-electron chi connectivity index (χ3n) is 4.51. The van der Waals surface area contributed by atoms with Crippen LogP contribution in [0.5, 0.6) is 0 Å². The van der Waals surface area contributed by atoms with Crippen LogP contribution in [0.15, 0.2) is 30.3 Å². The molecule has 1 nitrogen and oxygen atoms in total. The molecule has 0 saturated heterocycles. The van der Waals surface area contributed by atoms with Crippen LogP contribution in [-0.2, 0) is 6.42 Å². The second-order valence-electron chi connectivity index (χ2n) is 8.70. The molecule has 0 atom stereocenters. The van der Waals surface area contributed by atoms with Crippen molar-refractivity contribution in [2.45, 2.75) is 66.0 Å². The molecule has 0 spiro atoms. The smallest absolute Gasteiger partial charge is 0.0798 e. The van der Waals surface area contributed by atoms with Gasteiger partial charge in [0.25, 0.3) is 0 Å². The van der Waals surface area contributed by atoms with Gasteiger partial charge in [-0.25, -0.2) is 0 Å². The number of para-hydroxylation sites is 1. The van der Waals surface area contributed by atoms with Crippen LogP contribution in [0.2, 0.25) is 39.3 Å². The summed E-state index contributed by atoms with van der Waals surface area (Å²) in [6.45, 7) is 19.7. The van der Waals surface area contributed by atoms with Gasteiger partial charge in [-0.1, -0.05) is 70.8 Å². The number of benzene rings is 1. The lowest BCUT2D eigenvalue weighted by Crippen LogP contribution is -2.56. The highest BCUT2D eigenvalue weighted by Crippen LogP contribution is 2.21. The van der Waals surface area contributed by atoms with Gasteiger partial charge in [0.15, 0.2) is 0 Å². The molecule has 0 amide bonds. The molecule has 0 radical (unpaired) electrons. The second kappa shape index (κ2) is 6.44. The normalized spacial score (nSPS) is 12.7. The molecule has 0 aliphatic carbocycles. The maximum absolute atomic E-state index is 2.57. The van der Waals surface area contributed by atoms with Crippen LogP contribution in [0.3, 0.4) is 0 Å². The Morgan fingerprint density at radius 3 is 1.78 bits per heavy atom. The predicted molar refractivity (Wildman–Crippen MR) is 110 cm³/mol. The minimum Gasteiger partial charge on any atom is -0.318 e. The second-order valence-corrected chi connectivity index (χ2v) is 18.7. The zero-order valence-corrected chi connectivity index (χ0v) is 18.2. The van der Waals surface area contributed by atoms with Crippen molar-refractivity contribution in [2.24, 2.45) is 0 Å². The molecule has 3 heteroatoms. The van der Waals surface area contributed by atoms with E-state index in [0.29, 0.717) is 0 Å². The largest absolute Gasteiger partial charge is 0.318 e. The summed E-state index contributed by atoms with van der Waals surface area (Å²) in [5.74, 6) is 0. The van der Waals surface area contributed by atoms with Crippen molar-refractivity contribution >= 4 is 26.5 Å². The summed E-state index contributed by atoms with van der Waals surface area (Å²) in [5.41, 5.74) is 4.42. The monoisotopic (exact) mass is 343 g/mol. The highest BCUT2D eigenvalue weighted by atomic mass is 28.3. The first-order valence-corrected chi connectivity index (χ1v) is 15.9. The van der Waals surface area contributed by atoms with Crippen LogP contribution < -0.4 is 10.4 Å². The molecular formula is C20H33NSi2. The molecule has 0 aliphatic heterocycles. The Hall–Kier alpha value is -1.07. The maximum Gasteiger partial charge on any atom is 0.0798 e. The van der Waals surface area contributed by atoms with Gasteiger partial charge >= 0.3 is 0 Å². The fourth-order valence-electron chi connectivity index (χ4n) is 3.88. The van der Waals surface area contributed by atoms with Gasteiger partial charge in [0.2, 0.25) is 0 Å². The van der Waals surface area contributed by atoms with E-state index in [1.807, 2.05) is 0 Å².